The van der Waals surface area contributed by atoms with Crippen LogP contribution in [0.5, 0.6) is 0 Å². The Morgan fingerprint density at radius 1 is 0.850 bits per heavy atom. The van der Waals surface area contributed by atoms with Gasteiger partial charge < -0.3 is 19.6 Å². The lowest BCUT2D eigenvalue weighted by atomic mass is 10.5. The lowest BCUT2D eigenvalue weighted by Gasteiger charge is -2.10. The van der Waals surface area contributed by atoms with Gasteiger partial charge in [-0.1, -0.05) is 0 Å². The Kier molecular flexibility index (Phi) is 10.9. The highest BCUT2D eigenvalue weighted by molar-refractivity contribution is 7.47. The van der Waals surface area contributed by atoms with Gasteiger partial charge in [0.2, 0.25) is 0 Å². The van der Waals surface area contributed by atoms with Crippen molar-refractivity contribution in [2.75, 3.05) is 40.3 Å². The molecule has 0 saturated carbocycles. The molecule has 0 heterocycles. The summed E-state index contributed by atoms with van der Waals surface area (Å²) in [7, 11) is -7.05. The van der Waals surface area contributed by atoms with Gasteiger partial charge in [0.15, 0.2) is 6.79 Å². The van der Waals surface area contributed by atoms with Crippen molar-refractivity contribution in [3.05, 3.63) is 0 Å². The predicted octanol–water partition coefficient (Wildman–Crippen LogP) is 0.630. The fourth-order valence-corrected chi connectivity index (χ4v) is 1.99. The van der Waals surface area contributed by atoms with E-state index in [-0.39, 0.29) is 26.4 Å². The Morgan fingerprint density at radius 2 is 1.35 bits per heavy atom. The summed E-state index contributed by atoms with van der Waals surface area (Å²) in [5.41, 5.74) is 0. The summed E-state index contributed by atoms with van der Waals surface area (Å²) >= 11 is 0. The van der Waals surface area contributed by atoms with Crippen molar-refractivity contribution >= 4 is 15.6 Å². The fraction of sp³-hybridized carbons (Fsp3) is 1.00. The first-order valence-electron chi connectivity index (χ1n) is 5.66. The maximum atomic E-state index is 10.9. The average molecular weight is 338 g/mol. The van der Waals surface area contributed by atoms with Gasteiger partial charge in [0, 0.05) is 20.3 Å². The van der Waals surface area contributed by atoms with E-state index in [1.165, 1.54) is 0 Å². The first-order chi connectivity index (χ1) is 9.33. The van der Waals surface area contributed by atoms with E-state index < -0.39 is 22.4 Å². The third-order valence-corrected chi connectivity index (χ3v) is 3.75. The van der Waals surface area contributed by atoms with Crippen molar-refractivity contribution < 1.29 is 46.9 Å². The van der Waals surface area contributed by atoms with Crippen LogP contribution in [0.25, 0.3) is 0 Å². The van der Waals surface area contributed by atoms with Crippen LogP contribution in [-0.2, 0) is 32.0 Å². The van der Waals surface area contributed by atoms with Crippen LogP contribution in [0.4, 0.5) is 0 Å². The smallest absolute Gasteiger partial charge is 0.381 e. The van der Waals surface area contributed by atoms with E-state index in [0.717, 1.165) is 7.11 Å². The standard InChI is InChI=1S/C8H20O10P2/c1-14-19(10,11)16-6-2-4-15-5-3-7-17-20(12,13)18-8-9/h9H,2-8H2,1H3,(H,10,11)(H,12,13). The Hall–Kier alpha value is 0.140. The third-order valence-electron chi connectivity index (χ3n) is 1.83. The average Bonchev–Trinajstić information content (AvgIpc) is 2.36. The summed E-state index contributed by atoms with van der Waals surface area (Å²) in [5, 5.41) is 8.28. The molecule has 122 valence electrons. The molecule has 0 aromatic heterocycles. The molecular formula is C8H20O10P2. The fourth-order valence-electron chi connectivity index (χ4n) is 0.947. The minimum Gasteiger partial charge on any atom is -0.381 e. The Morgan fingerprint density at radius 3 is 1.80 bits per heavy atom. The number of phosphoric acid groups is 2. The molecule has 2 atom stereocenters. The Bertz CT molecular complexity index is 335. The molecule has 0 aromatic carbocycles. The van der Waals surface area contributed by atoms with Crippen LogP contribution in [0.3, 0.4) is 0 Å². The summed E-state index contributed by atoms with van der Waals surface area (Å²) in [4.78, 5) is 17.8. The lowest BCUT2D eigenvalue weighted by Crippen LogP contribution is -2.04. The highest BCUT2D eigenvalue weighted by Gasteiger charge is 2.19. The van der Waals surface area contributed by atoms with Crippen molar-refractivity contribution in [2.24, 2.45) is 0 Å². The summed E-state index contributed by atoms with van der Waals surface area (Å²) in [5.74, 6) is 0. The van der Waals surface area contributed by atoms with Crippen molar-refractivity contribution in [1.82, 2.24) is 0 Å². The zero-order valence-electron chi connectivity index (χ0n) is 11.0. The topological polar surface area (TPSA) is 141 Å². The molecular weight excluding hydrogens is 318 g/mol. The minimum atomic E-state index is -4.18. The van der Waals surface area contributed by atoms with E-state index in [1.54, 1.807) is 0 Å². The second-order valence-electron chi connectivity index (χ2n) is 3.36. The molecule has 0 aliphatic heterocycles. The van der Waals surface area contributed by atoms with Gasteiger partial charge in [0.05, 0.1) is 13.2 Å². The summed E-state index contributed by atoms with van der Waals surface area (Å²) in [6.45, 7) is -0.414. The van der Waals surface area contributed by atoms with Gasteiger partial charge in [-0.15, -0.1) is 0 Å². The van der Waals surface area contributed by atoms with E-state index in [9.17, 15) is 9.13 Å². The summed E-state index contributed by atoms with van der Waals surface area (Å²) in [6, 6.07) is 0. The van der Waals surface area contributed by atoms with Gasteiger partial charge in [0.25, 0.3) is 0 Å². The van der Waals surface area contributed by atoms with Crippen molar-refractivity contribution in [2.45, 2.75) is 12.8 Å². The van der Waals surface area contributed by atoms with E-state index in [1.807, 2.05) is 0 Å². The molecule has 12 heteroatoms. The first kappa shape index (κ1) is 20.1. The zero-order chi connectivity index (χ0) is 15.5. The molecule has 0 amide bonds. The van der Waals surface area contributed by atoms with Crippen LogP contribution in [-0.4, -0.2) is 55.2 Å². The van der Waals surface area contributed by atoms with Gasteiger partial charge >= 0.3 is 15.6 Å². The highest BCUT2D eigenvalue weighted by atomic mass is 31.2. The summed E-state index contributed by atoms with van der Waals surface area (Å²) in [6.07, 6.45) is 0.734. The zero-order valence-corrected chi connectivity index (χ0v) is 12.8. The second kappa shape index (κ2) is 10.8. The largest absolute Gasteiger partial charge is 0.474 e. The van der Waals surface area contributed by atoms with Crippen LogP contribution in [0.2, 0.25) is 0 Å². The molecule has 2 unspecified atom stereocenters. The number of aliphatic hydroxyl groups is 1. The summed E-state index contributed by atoms with van der Waals surface area (Å²) < 4.78 is 44.2. The first-order valence-corrected chi connectivity index (χ1v) is 8.65. The van der Waals surface area contributed by atoms with E-state index >= 15 is 0 Å². The number of aliphatic hydroxyl groups excluding tert-OH is 1. The maximum Gasteiger partial charge on any atom is 0.474 e. The van der Waals surface area contributed by atoms with Crippen molar-refractivity contribution in [3.8, 4) is 0 Å². The van der Waals surface area contributed by atoms with Gasteiger partial charge in [-0.3, -0.25) is 18.1 Å². The van der Waals surface area contributed by atoms with Crippen LogP contribution in [0.1, 0.15) is 12.8 Å². The molecule has 10 nitrogen and oxygen atoms in total. The van der Waals surface area contributed by atoms with E-state index in [4.69, 9.17) is 19.6 Å². The number of hydrogen-bond acceptors (Lipinski definition) is 8. The highest BCUT2D eigenvalue weighted by Crippen LogP contribution is 2.42. The Labute approximate surface area is 116 Å². The molecule has 0 aromatic rings. The van der Waals surface area contributed by atoms with Gasteiger partial charge in [0.1, 0.15) is 0 Å². The van der Waals surface area contributed by atoms with Crippen LogP contribution in [0.15, 0.2) is 0 Å². The van der Waals surface area contributed by atoms with E-state index in [2.05, 4.69) is 18.1 Å². The van der Waals surface area contributed by atoms with Gasteiger partial charge in [-0.05, 0) is 12.8 Å². The molecule has 0 bridgehead atoms. The normalized spacial score (nSPS) is 17.6. The van der Waals surface area contributed by atoms with Gasteiger partial charge in [-0.2, -0.15) is 0 Å². The molecule has 0 aliphatic rings. The van der Waals surface area contributed by atoms with Crippen LogP contribution in [0, 0.1) is 0 Å². The maximum absolute atomic E-state index is 10.9. The molecule has 0 fully saturated rings. The molecule has 20 heavy (non-hydrogen) atoms. The quantitative estimate of drug-likeness (QED) is 0.249. The van der Waals surface area contributed by atoms with Crippen molar-refractivity contribution in [3.63, 3.8) is 0 Å². The Balaban J connectivity index is 3.38. The van der Waals surface area contributed by atoms with E-state index in [0.29, 0.717) is 12.8 Å². The van der Waals surface area contributed by atoms with Gasteiger partial charge in [-0.25, -0.2) is 9.13 Å². The number of hydrogen-bond donors (Lipinski definition) is 3. The molecule has 0 saturated heterocycles. The molecule has 0 aliphatic carbocycles. The van der Waals surface area contributed by atoms with Crippen molar-refractivity contribution in [1.29, 1.82) is 0 Å². The second-order valence-corrected chi connectivity index (χ2v) is 6.38. The minimum absolute atomic E-state index is 0.00823. The molecule has 3 N–H and O–H groups in total. The lowest BCUT2D eigenvalue weighted by molar-refractivity contribution is 0.0470. The van der Waals surface area contributed by atoms with Crippen LogP contribution < -0.4 is 0 Å². The SMILES string of the molecule is COP(=O)(O)OCCCOCCCOP(=O)(O)OCO. The molecule has 0 rings (SSSR count). The molecule has 0 radical (unpaired) electrons. The number of phosphoric ester groups is 2. The molecule has 0 spiro atoms. The third kappa shape index (κ3) is 11.9. The number of rotatable bonds is 13. The monoisotopic (exact) mass is 338 g/mol. The predicted molar refractivity (Wildman–Crippen MR) is 66.8 cm³/mol. The number of ether oxygens (including phenoxy) is 1. The van der Waals surface area contributed by atoms with Crippen LogP contribution >= 0.6 is 15.6 Å².